The molecule has 138 valence electrons. The number of nitrogens with two attached hydrogens (primary N) is 1. The number of benzene rings is 2. The van der Waals surface area contributed by atoms with Crippen LogP contribution < -0.4 is 5.73 Å². The maximum absolute atomic E-state index is 12.9. The molecular formula is C20H20F3NO2. The molecule has 1 saturated carbocycles. The largest absolute Gasteiger partial charge is 0.416 e. The van der Waals surface area contributed by atoms with Gasteiger partial charge in [-0.2, -0.15) is 13.2 Å². The third-order valence-corrected chi connectivity index (χ3v) is 4.97. The molecule has 6 heteroatoms. The van der Waals surface area contributed by atoms with Gasteiger partial charge in [0.25, 0.3) is 0 Å². The number of methoxy groups -OCH3 is 1. The maximum Gasteiger partial charge on any atom is 0.416 e. The van der Waals surface area contributed by atoms with Gasteiger partial charge in [-0.25, -0.2) is 0 Å². The van der Waals surface area contributed by atoms with Gasteiger partial charge in [-0.1, -0.05) is 42.5 Å². The van der Waals surface area contributed by atoms with Gasteiger partial charge >= 0.3 is 6.18 Å². The molecule has 2 aromatic rings. The topological polar surface area (TPSA) is 52.3 Å². The van der Waals surface area contributed by atoms with Gasteiger partial charge in [-0.15, -0.1) is 0 Å². The van der Waals surface area contributed by atoms with Crippen LogP contribution in [0, 0.1) is 0 Å². The normalized spacial score (nSPS) is 16.9. The number of alkyl halides is 3. The Hall–Kier alpha value is -2.34. The summed E-state index contributed by atoms with van der Waals surface area (Å²) in [5, 5.41) is 0. The molecule has 1 aliphatic carbocycles. The molecule has 0 aromatic heterocycles. The fourth-order valence-electron chi connectivity index (χ4n) is 3.22. The standard InChI is InChI=1S/C20H20F3NO2/c1-26-19(9-10-19)15-7-5-13(6-8-15)11-17(18(24)25)14-3-2-4-16(12-14)20(21,22)23/h2-8,12,17H,9-11H2,1H3,(H2,24,25). The molecule has 0 saturated heterocycles. The molecule has 1 fully saturated rings. The highest BCUT2D eigenvalue weighted by atomic mass is 19.4. The fraction of sp³-hybridized carbons (Fsp3) is 0.350. The van der Waals surface area contributed by atoms with Gasteiger partial charge in [0.1, 0.15) is 0 Å². The van der Waals surface area contributed by atoms with Gasteiger partial charge in [-0.05, 0) is 42.0 Å². The molecule has 1 amide bonds. The molecule has 0 bridgehead atoms. The van der Waals surface area contributed by atoms with E-state index in [0.717, 1.165) is 36.1 Å². The smallest absolute Gasteiger partial charge is 0.374 e. The number of primary amides is 1. The van der Waals surface area contributed by atoms with Gasteiger partial charge in [0.15, 0.2) is 0 Å². The van der Waals surface area contributed by atoms with Crippen LogP contribution >= 0.6 is 0 Å². The summed E-state index contributed by atoms with van der Waals surface area (Å²) in [6, 6.07) is 12.4. The Labute approximate surface area is 150 Å². The van der Waals surface area contributed by atoms with E-state index in [1.165, 1.54) is 12.1 Å². The van der Waals surface area contributed by atoms with Gasteiger partial charge in [0.2, 0.25) is 5.91 Å². The quantitative estimate of drug-likeness (QED) is 0.838. The first-order valence-electron chi connectivity index (χ1n) is 8.36. The van der Waals surface area contributed by atoms with Crippen molar-refractivity contribution in [3.05, 3.63) is 70.8 Å². The second kappa shape index (κ2) is 6.76. The highest BCUT2D eigenvalue weighted by Gasteiger charge is 2.44. The zero-order chi connectivity index (χ0) is 18.9. The molecule has 3 nitrogen and oxygen atoms in total. The highest BCUT2D eigenvalue weighted by Crippen LogP contribution is 2.48. The van der Waals surface area contributed by atoms with E-state index in [4.69, 9.17) is 10.5 Å². The first kappa shape index (κ1) is 18.5. The van der Waals surface area contributed by atoms with E-state index in [9.17, 15) is 18.0 Å². The van der Waals surface area contributed by atoms with Crippen molar-refractivity contribution in [1.82, 2.24) is 0 Å². The van der Waals surface area contributed by atoms with Crippen molar-refractivity contribution in [3.8, 4) is 0 Å². The molecule has 0 radical (unpaired) electrons. The lowest BCUT2D eigenvalue weighted by Crippen LogP contribution is -2.23. The Morgan fingerprint density at radius 2 is 1.85 bits per heavy atom. The highest BCUT2D eigenvalue weighted by molar-refractivity contribution is 5.82. The summed E-state index contributed by atoms with van der Waals surface area (Å²) in [7, 11) is 1.68. The van der Waals surface area contributed by atoms with E-state index in [-0.39, 0.29) is 17.6 Å². The second-order valence-electron chi connectivity index (χ2n) is 6.68. The van der Waals surface area contributed by atoms with Crippen LogP contribution in [0.3, 0.4) is 0 Å². The zero-order valence-electron chi connectivity index (χ0n) is 14.3. The lowest BCUT2D eigenvalue weighted by atomic mass is 9.89. The Balaban J connectivity index is 1.82. The minimum atomic E-state index is -4.46. The minimum Gasteiger partial charge on any atom is -0.374 e. The number of ether oxygens (including phenoxy) is 1. The molecule has 0 aliphatic heterocycles. The van der Waals surface area contributed by atoms with Gasteiger partial charge < -0.3 is 10.5 Å². The lowest BCUT2D eigenvalue weighted by Gasteiger charge is -2.17. The fourth-order valence-corrected chi connectivity index (χ4v) is 3.22. The minimum absolute atomic E-state index is 0.206. The number of amides is 1. The van der Waals surface area contributed by atoms with E-state index < -0.39 is 23.6 Å². The molecule has 2 N–H and O–H groups in total. The van der Waals surface area contributed by atoms with Gasteiger partial charge in [-0.3, -0.25) is 4.79 Å². The van der Waals surface area contributed by atoms with E-state index in [1.807, 2.05) is 24.3 Å². The van der Waals surface area contributed by atoms with Crippen LogP contribution in [0.5, 0.6) is 0 Å². The summed E-state index contributed by atoms with van der Waals surface area (Å²) in [5.74, 6) is -1.47. The average Bonchev–Trinajstić information content (AvgIpc) is 3.40. The Kier molecular flexibility index (Phi) is 4.80. The van der Waals surface area contributed by atoms with E-state index >= 15 is 0 Å². The summed E-state index contributed by atoms with van der Waals surface area (Å²) in [4.78, 5) is 11.9. The van der Waals surface area contributed by atoms with Crippen molar-refractivity contribution in [1.29, 1.82) is 0 Å². The molecule has 2 aromatic carbocycles. The van der Waals surface area contributed by atoms with Crippen LogP contribution in [0.2, 0.25) is 0 Å². The molecule has 3 rings (SSSR count). The maximum atomic E-state index is 12.9. The van der Waals surface area contributed by atoms with Gasteiger partial charge in [0.05, 0.1) is 17.1 Å². The molecule has 1 atom stereocenters. The number of hydrogen-bond donors (Lipinski definition) is 1. The number of halogens is 3. The monoisotopic (exact) mass is 363 g/mol. The summed E-state index contributed by atoms with van der Waals surface area (Å²) >= 11 is 0. The molecular weight excluding hydrogens is 343 g/mol. The predicted octanol–water partition coefficient (Wildman–Crippen LogP) is 4.15. The van der Waals surface area contributed by atoms with E-state index in [2.05, 4.69) is 0 Å². The van der Waals surface area contributed by atoms with Gasteiger partial charge in [0, 0.05) is 7.11 Å². The number of carbonyl (C=O) groups is 1. The third-order valence-electron chi connectivity index (χ3n) is 4.97. The molecule has 0 spiro atoms. The van der Waals surface area contributed by atoms with Crippen molar-refractivity contribution < 1.29 is 22.7 Å². The Bertz CT molecular complexity index is 795. The van der Waals surface area contributed by atoms with E-state index in [0.29, 0.717) is 0 Å². The molecule has 1 unspecified atom stereocenters. The second-order valence-corrected chi connectivity index (χ2v) is 6.68. The van der Waals surface area contributed by atoms with Crippen LogP contribution in [-0.4, -0.2) is 13.0 Å². The van der Waals surface area contributed by atoms with Crippen molar-refractivity contribution in [3.63, 3.8) is 0 Å². The van der Waals surface area contributed by atoms with Crippen molar-refractivity contribution in [2.75, 3.05) is 7.11 Å². The molecule has 0 heterocycles. The number of hydrogen-bond acceptors (Lipinski definition) is 2. The molecule has 1 aliphatic rings. The van der Waals surface area contributed by atoms with Crippen LogP contribution in [0.15, 0.2) is 48.5 Å². The summed E-state index contributed by atoms with van der Waals surface area (Å²) in [6.45, 7) is 0. The first-order valence-corrected chi connectivity index (χ1v) is 8.36. The Morgan fingerprint density at radius 3 is 2.35 bits per heavy atom. The zero-order valence-corrected chi connectivity index (χ0v) is 14.3. The number of rotatable bonds is 6. The Morgan fingerprint density at radius 1 is 1.19 bits per heavy atom. The predicted molar refractivity (Wildman–Crippen MR) is 91.4 cm³/mol. The molecule has 26 heavy (non-hydrogen) atoms. The van der Waals surface area contributed by atoms with Crippen LogP contribution in [0.25, 0.3) is 0 Å². The average molecular weight is 363 g/mol. The van der Waals surface area contributed by atoms with Crippen molar-refractivity contribution >= 4 is 5.91 Å². The SMILES string of the molecule is COC1(c2ccc(CC(C(N)=O)c3cccc(C(F)(F)F)c3)cc2)CC1. The third kappa shape index (κ3) is 3.75. The number of carbonyl (C=O) groups excluding carboxylic acids is 1. The van der Waals surface area contributed by atoms with Crippen molar-refractivity contribution in [2.45, 2.75) is 37.0 Å². The van der Waals surface area contributed by atoms with Crippen LogP contribution in [-0.2, 0) is 27.7 Å². The summed E-state index contributed by atoms with van der Waals surface area (Å²) < 4.78 is 44.3. The van der Waals surface area contributed by atoms with Crippen LogP contribution in [0.4, 0.5) is 13.2 Å². The summed E-state index contributed by atoms with van der Waals surface area (Å²) in [6.07, 6.45) is -2.27. The van der Waals surface area contributed by atoms with Crippen molar-refractivity contribution in [2.24, 2.45) is 5.73 Å². The van der Waals surface area contributed by atoms with E-state index in [1.54, 1.807) is 7.11 Å². The lowest BCUT2D eigenvalue weighted by molar-refractivity contribution is -0.137. The van der Waals surface area contributed by atoms with Crippen LogP contribution in [0.1, 0.15) is 41.0 Å². The first-order chi connectivity index (χ1) is 12.2. The summed E-state index contributed by atoms with van der Waals surface area (Å²) in [5.41, 5.74) is 6.65.